The molecule has 2 aromatic rings. The molecule has 0 fully saturated rings. The summed E-state index contributed by atoms with van der Waals surface area (Å²) in [5.41, 5.74) is 2.63. The second-order valence-corrected chi connectivity index (χ2v) is 3.91. The van der Waals surface area contributed by atoms with Gasteiger partial charge >= 0.3 is 5.97 Å². The molecule has 1 aromatic heterocycles. The van der Waals surface area contributed by atoms with Crippen LogP contribution in [0.2, 0.25) is 0 Å². The number of carbonyl (C=O) groups is 1. The van der Waals surface area contributed by atoms with E-state index in [0.717, 1.165) is 11.3 Å². The van der Waals surface area contributed by atoms with Gasteiger partial charge in [-0.25, -0.2) is 0 Å². The van der Waals surface area contributed by atoms with Gasteiger partial charge in [-0.05, 0) is 23.3 Å². The smallest absolute Gasteiger partial charge is 0.307 e. The SMILES string of the molecule is O=C(O)Cc1ccc(C=Cc2ccccc2)nc1. The summed E-state index contributed by atoms with van der Waals surface area (Å²) in [5.74, 6) is -0.843. The molecule has 0 aliphatic rings. The lowest BCUT2D eigenvalue weighted by Crippen LogP contribution is -2.00. The number of hydrogen-bond donors (Lipinski definition) is 1. The predicted molar refractivity (Wildman–Crippen MR) is 70.9 cm³/mol. The molecule has 0 bridgehead atoms. The first-order valence-electron chi connectivity index (χ1n) is 5.64. The third kappa shape index (κ3) is 3.56. The highest BCUT2D eigenvalue weighted by Gasteiger charge is 1.99. The van der Waals surface area contributed by atoms with Gasteiger partial charge in [0.15, 0.2) is 0 Å². The van der Waals surface area contributed by atoms with Gasteiger partial charge in [-0.3, -0.25) is 9.78 Å². The van der Waals surface area contributed by atoms with Gasteiger partial charge in [-0.2, -0.15) is 0 Å². The first-order valence-corrected chi connectivity index (χ1v) is 5.64. The highest BCUT2D eigenvalue weighted by molar-refractivity contribution is 5.70. The van der Waals surface area contributed by atoms with Crippen molar-refractivity contribution in [1.82, 2.24) is 4.98 Å². The van der Waals surface area contributed by atoms with Crippen molar-refractivity contribution in [1.29, 1.82) is 0 Å². The summed E-state index contributed by atoms with van der Waals surface area (Å²) in [6, 6.07) is 13.5. The number of pyridine rings is 1. The zero-order chi connectivity index (χ0) is 12.8. The lowest BCUT2D eigenvalue weighted by atomic mass is 10.1. The number of nitrogens with zero attached hydrogens (tertiary/aromatic N) is 1. The molecule has 2 rings (SSSR count). The highest BCUT2D eigenvalue weighted by Crippen LogP contribution is 2.07. The molecule has 1 aromatic carbocycles. The quantitative estimate of drug-likeness (QED) is 0.892. The van der Waals surface area contributed by atoms with Crippen LogP contribution in [-0.4, -0.2) is 16.1 Å². The van der Waals surface area contributed by atoms with Crippen LogP contribution in [0, 0.1) is 0 Å². The average Bonchev–Trinajstić information content (AvgIpc) is 2.38. The van der Waals surface area contributed by atoms with E-state index in [0.29, 0.717) is 5.56 Å². The van der Waals surface area contributed by atoms with E-state index in [1.54, 1.807) is 12.3 Å². The Morgan fingerprint density at radius 2 is 1.89 bits per heavy atom. The van der Waals surface area contributed by atoms with Crippen LogP contribution in [0.15, 0.2) is 48.7 Å². The monoisotopic (exact) mass is 239 g/mol. The standard InChI is InChI=1S/C15H13NO2/c17-15(18)10-13-7-9-14(16-11-13)8-6-12-4-2-1-3-5-12/h1-9,11H,10H2,(H,17,18). The molecule has 0 aliphatic heterocycles. The maximum absolute atomic E-state index is 10.5. The van der Waals surface area contributed by atoms with Gasteiger partial charge in [0.25, 0.3) is 0 Å². The highest BCUT2D eigenvalue weighted by atomic mass is 16.4. The molecule has 0 saturated heterocycles. The molecular formula is C15H13NO2. The van der Waals surface area contributed by atoms with Crippen molar-refractivity contribution < 1.29 is 9.90 Å². The summed E-state index contributed by atoms with van der Waals surface area (Å²) in [7, 11) is 0. The Balaban J connectivity index is 2.06. The summed E-state index contributed by atoms with van der Waals surface area (Å²) in [4.78, 5) is 14.7. The van der Waals surface area contributed by atoms with Crippen LogP contribution < -0.4 is 0 Å². The largest absolute Gasteiger partial charge is 0.481 e. The minimum absolute atomic E-state index is 0.00960. The van der Waals surface area contributed by atoms with E-state index in [-0.39, 0.29) is 6.42 Å². The van der Waals surface area contributed by atoms with E-state index in [4.69, 9.17) is 5.11 Å². The van der Waals surface area contributed by atoms with Crippen LogP contribution in [0.4, 0.5) is 0 Å². The number of carboxylic acid groups (broad SMARTS) is 1. The molecule has 0 amide bonds. The number of benzene rings is 1. The summed E-state index contributed by atoms with van der Waals surface area (Å²) in [5, 5.41) is 8.65. The number of rotatable bonds is 4. The van der Waals surface area contributed by atoms with Gasteiger partial charge in [0, 0.05) is 6.20 Å². The molecule has 90 valence electrons. The van der Waals surface area contributed by atoms with Gasteiger partial charge in [0.1, 0.15) is 0 Å². The summed E-state index contributed by atoms with van der Waals surface area (Å²) in [6.45, 7) is 0. The zero-order valence-corrected chi connectivity index (χ0v) is 9.78. The van der Waals surface area contributed by atoms with Gasteiger partial charge in [0.05, 0.1) is 12.1 Å². The van der Waals surface area contributed by atoms with E-state index in [1.165, 1.54) is 0 Å². The molecule has 18 heavy (non-hydrogen) atoms. The Hall–Kier alpha value is -2.42. The van der Waals surface area contributed by atoms with Crippen LogP contribution in [0.25, 0.3) is 12.2 Å². The van der Waals surface area contributed by atoms with Crippen LogP contribution in [-0.2, 0) is 11.2 Å². The van der Waals surface area contributed by atoms with Crippen LogP contribution in [0.5, 0.6) is 0 Å². The fourth-order valence-corrected chi connectivity index (χ4v) is 1.56. The van der Waals surface area contributed by atoms with Crippen LogP contribution in [0.3, 0.4) is 0 Å². The maximum atomic E-state index is 10.5. The third-order valence-corrected chi connectivity index (χ3v) is 2.45. The summed E-state index contributed by atoms with van der Waals surface area (Å²) < 4.78 is 0. The Morgan fingerprint density at radius 3 is 2.50 bits per heavy atom. The molecule has 0 atom stereocenters. The van der Waals surface area contributed by atoms with Crippen molar-refractivity contribution in [3.8, 4) is 0 Å². The van der Waals surface area contributed by atoms with E-state index in [2.05, 4.69) is 4.98 Å². The van der Waals surface area contributed by atoms with E-state index >= 15 is 0 Å². The molecule has 3 nitrogen and oxygen atoms in total. The lowest BCUT2D eigenvalue weighted by molar-refractivity contribution is -0.136. The van der Waals surface area contributed by atoms with E-state index in [9.17, 15) is 4.79 Å². The van der Waals surface area contributed by atoms with Gasteiger partial charge in [-0.15, -0.1) is 0 Å². The second kappa shape index (κ2) is 5.77. The van der Waals surface area contributed by atoms with Crippen molar-refractivity contribution in [2.24, 2.45) is 0 Å². The van der Waals surface area contributed by atoms with Gasteiger partial charge in [-0.1, -0.05) is 42.5 Å². The van der Waals surface area contributed by atoms with E-state index in [1.807, 2.05) is 48.6 Å². The van der Waals surface area contributed by atoms with Crippen molar-refractivity contribution in [3.05, 3.63) is 65.5 Å². The molecule has 0 unspecified atom stereocenters. The van der Waals surface area contributed by atoms with Crippen LogP contribution in [0.1, 0.15) is 16.8 Å². The number of carboxylic acids is 1. The molecular weight excluding hydrogens is 226 g/mol. The minimum atomic E-state index is -0.843. The molecule has 1 N–H and O–H groups in total. The van der Waals surface area contributed by atoms with E-state index < -0.39 is 5.97 Å². The lowest BCUT2D eigenvalue weighted by Gasteiger charge is -1.97. The first kappa shape index (κ1) is 12.0. The Morgan fingerprint density at radius 1 is 1.11 bits per heavy atom. The Labute approximate surface area is 105 Å². The average molecular weight is 239 g/mol. The molecule has 3 heteroatoms. The fraction of sp³-hybridized carbons (Fsp3) is 0.0667. The van der Waals surface area contributed by atoms with Crippen molar-refractivity contribution >= 4 is 18.1 Å². The van der Waals surface area contributed by atoms with Crippen molar-refractivity contribution in [2.75, 3.05) is 0 Å². The zero-order valence-electron chi connectivity index (χ0n) is 9.78. The first-order chi connectivity index (χ1) is 8.74. The van der Waals surface area contributed by atoms with Crippen molar-refractivity contribution in [3.63, 3.8) is 0 Å². The maximum Gasteiger partial charge on any atom is 0.307 e. The second-order valence-electron chi connectivity index (χ2n) is 3.91. The Kier molecular flexibility index (Phi) is 3.86. The number of aliphatic carboxylic acids is 1. The molecule has 0 aliphatic carbocycles. The molecule has 0 saturated carbocycles. The normalized spacial score (nSPS) is 10.7. The number of aromatic nitrogens is 1. The predicted octanol–water partition coefficient (Wildman–Crippen LogP) is 2.88. The van der Waals surface area contributed by atoms with Gasteiger partial charge < -0.3 is 5.11 Å². The molecule has 0 radical (unpaired) electrons. The molecule has 0 spiro atoms. The van der Waals surface area contributed by atoms with Gasteiger partial charge in [0.2, 0.25) is 0 Å². The van der Waals surface area contributed by atoms with Crippen LogP contribution >= 0.6 is 0 Å². The molecule has 1 heterocycles. The summed E-state index contributed by atoms with van der Waals surface area (Å²) >= 11 is 0. The number of hydrogen-bond acceptors (Lipinski definition) is 2. The third-order valence-electron chi connectivity index (χ3n) is 2.45. The fourth-order valence-electron chi connectivity index (χ4n) is 1.56. The topological polar surface area (TPSA) is 50.2 Å². The summed E-state index contributed by atoms with van der Waals surface area (Å²) in [6.07, 6.45) is 5.48. The Bertz CT molecular complexity index is 544. The van der Waals surface area contributed by atoms with Crippen molar-refractivity contribution in [2.45, 2.75) is 6.42 Å². The minimum Gasteiger partial charge on any atom is -0.481 e.